The average Bonchev–Trinajstić information content (AvgIpc) is 3.34. The molecule has 2 aromatic carbocycles. The minimum Gasteiger partial charge on any atom is -0.454 e. The molecule has 0 bridgehead atoms. The summed E-state index contributed by atoms with van der Waals surface area (Å²) in [6.45, 7) is 4.28. The fourth-order valence-electron chi connectivity index (χ4n) is 3.40. The first-order valence-electron chi connectivity index (χ1n) is 9.16. The van der Waals surface area contributed by atoms with Gasteiger partial charge in [-0.05, 0) is 54.6 Å². The fraction of sp³-hybridized carbons (Fsp3) is 0.190. The van der Waals surface area contributed by atoms with Gasteiger partial charge in [-0.25, -0.2) is 0 Å². The van der Waals surface area contributed by atoms with Crippen molar-refractivity contribution in [2.24, 2.45) is 0 Å². The molecule has 0 atom stereocenters. The number of nitrogens with zero attached hydrogens (tertiary/aromatic N) is 3. The van der Waals surface area contributed by atoms with Crippen molar-refractivity contribution in [3.05, 3.63) is 53.6 Å². The van der Waals surface area contributed by atoms with Crippen LogP contribution in [-0.2, 0) is 4.79 Å². The van der Waals surface area contributed by atoms with E-state index in [0.29, 0.717) is 22.3 Å². The molecule has 0 radical (unpaired) electrons. The standard InChI is InChI=1S/C21H18N4O3S/c1-12-3-4-14-8-13(2)20-23-24-21(25(20)16(14)7-12)29-10-19(26)22-15-5-6-17-18(9-15)28-11-27-17/h3-9H,10-11H2,1-2H3,(H,22,26). The van der Waals surface area contributed by atoms with Crippen molar-refractivity contribution in [2.45, 2.75) is 19.0 Å². The van der Waals surface area contributed by atoms with E-state index in [1.165, 1.54) is 11.8 Å². The van der Waals surface area contributed by atoms with Gasteiger partial charge in [0.1, 0.15) is 0 Å². The number of aromatic nitrogens is 3. The smallest absolute Gasteiger partial charge is 0.234 e. The number of aryl methyl sites for hydroxylation is 2. The highest BCUT2D eigenvalue weighted by atomic mass is 32.2. The van der Waals surface area contributed by atoms with Gasteiger partial charge in [0.2, 0.25) is 12.7 Å². The maximum Gasteiger partial charge on any atom is 0.234 e. The van der Waals surface area contributed by atoms with Gasteiger partial charge in [0, 0.05) is 11.8 Å². The number of nitrogens with one attached hydrogen (secondary N) is 1. The molecule has 1 amide bonds. The molecule has 1 aliphatic rings. The molecule has 4 aromatic rings. The number of fused-ring (bicyclic) bond motifs is 4. The molecule has 0 fully saturated rings. The maximum absolute atomic E-state index is 12.5. The summed E-state index contributed by atoms with van der Waals surface area (Å²) in [6, 6.07) is 13.7. The molecule has 0 spiro atoms. The highest BCUT2D eigenvalue weighted by Crippen LogP contribution is 2.34. The van der Waals surface area contributed by atoms with Crippen LogP contribution in [0.15, 0.2) is 47.6 Å². The zero-order chi connectivity index (χ0) is 20.0. The average molecular weight is 406 g/mol. The first-order valence-corrected chi connectivity index (χ1v) is 10.1. The second-order valence-electron chi connectivity index (χ2n) is 6.94. The summed E-state index contributed by atoms with van der Waals surface area (Å²) >= 11 is 1.36. The molecular weight excluding hydrogens is 388 g/mol. The normalized spacial score (nSPS) is 12.6. The molecule has 7 nitrogen and oxygen atoms in total. The van der Waals surface area contributed by atoms with E-state index in [2.05, 4.69) is 46.7 Å². The second-order valence-corrected chi connectivity index (χ2v) is 7.88. The lowest BCUT2D eigenvalue weighted by Gasteiger charge is -2.08. The Hall–Kier alpha value is -3.26. The number of amides is 1. The maximum atomic E-state index is 12.5. The van der Waals surface area contributed by atoms with Gasteiger partial charge in [0.15, 0.2) is 22.3 Å². The van der Waals surface area contributed by atoms with Gasteiger partial charge < -0.3 is 14.8 Å². The fourth-order valence-corrected chi connectivity index (χ4v) is 4.15. The van der Waals surface area contributed by atoms with Gasteiger partial charge in [-0.2, -0.15) is 0 Å². The van der Waals surface area contributed by atoms with E-state index in [-0.39, 0.29) is 18.5 Å². The number of anilines is 1. The number of rotatable bonds is 4. The summed E-state index contributed by atoms with van der Waals surface area (Å²) in [7, 11) is 0. The van der Waals surface area contributed by atoms with Gasteiger partial charge in [-0.15, -0.1) is 10.2 Å². The van der Waals surface area contributed by atoms with Crippen molar-refractivity contribution in [1.29, 1.82) is 0 Å². The molecule has 0 saturated carbocycles. The van der Waals surface area contributed by atoms with Crippen LogP contribution in [0.1, 0.15) is 11.1 Å². The van der Waals surface area contributed by atoms with Crippen molar-refractivity contribution in [3.8, 4) is 11.5 Å². The van der Waals surface area contributed by atoms with Gasteiger partial charge in [0.05, 0.1) is 11.3 Å². The van der Waals surface area contributed by atoms with Crippen LogP contribution in [0.2, 0.25) is 0 Å². The molecule has 5 rings (SSSR count). The molecule has 2 aromatic heterocycles. The minimum atomic E-state index is -0.126. The summed E-state index contributed by atoms with van der Waals surface area (Å²) in [5.74, 6) is 1.41. The summed E-state index contributed by atoms with van der Waals surface area (Å²) in [4.78, 5) is 12.5. The number of pyridine rings is 1. The van der Waals surface area contributed by atoms with E-state index in [4.69, 9.17) is 9.47 Å². The molecule has 146 valence electrons. The monoisotopic (exact) mass is 406 g/mol. The Kier molecular flexibility index (Phi) is 4.28. The molecule has 0 aliphatic carbocycles. The number of hydrogen-bond acceptors (Lipinski definition) is 6. The van der Waals surface area contributed by atoms with E-state index in [1.807, 2.05) is 11.3 Å². The van der Waals surface area contributed by atoms with E-state index in [0.717, 1.165) is 27.7 Å². The van der Waals surface area contributed by atoms with Gasteiger partial charge in [-0.1, -0.05) is 23.9 Å². The molecule has 0 unspecified atom stereocenters. The van der Waals surface area contributed by atoms with E-state index in [9.17, 15) is 4.79 Å². The lowest BCUT2D eigenvalue weighted by atomic mass is 10.1. The highest BCUT2D eigenvalue weighted by Gasteiger charge is 2.16. The Balaban J connectivity index is 1.38. The van der Waals surface area contributed by atoms with Crippen molar-refractivity contribution >= 4 is 39.9 Å². The van der Waals surface area contributed by atoms with Crippen LogP contribution in [-0.4, -0.2) is 33.1 Å². The SMILES string of the molecule is Cc1ccc2cc(C)c3nnc(SCC(=O)Nc4ccc5c(c4)OCO5)n3c2c1. The predicted octanol–water partition coefficient (Wildman–Crippen LogP) is 3.96. The third kappa shape index (κ3) is 3.25. The minimum absolute atomic E-state index is 0.126. The molecule has 29 heavy (non-hydrogen) atoms. The van der Waals surface area contributed by atoms with Crippen molar-refractivity contribution in [2.75, 3.05) is 17.9 Å². The number of thioether (sulfide) groups is 1. The quantitative estimate of drug-likeness (QED) is 0.517. The van der Waals surface area contributed by atoms with Gasteiger partial charge in [-0.3, -0.25) is 9.20 Å². The summed E-state index contributed by atoms with van der Waals surface area (Å²) < 4.78 is 12.7. The summed E-state index contributed by atoms with van der Waals surface area (Å²) in [5, 5.41) is 13.4. The zero-order valence-corrected chi connectivity index (χ0v) is 16.7. The van der Waals surface area contributed by atoms with Crippen molar-refractivity contribution in [3.63, 3.8) is 0 Å². The lowest BCUT2D eigenvalue weighted by Crippen LogP contribution is -2.14. The van der Waals surface area contributed by atoms with Gasteiger partial charge >= 0.3 is 0 Å². The van der Waals surface area contributed by atoms with Crippen molar-refractivity contribution < 1.29 is 14.3 Å². The second kappa shape index (κ2) is 6.97. The van der Waals surface area contributed by atoms with Crippen molar-refractivity contribution in [1.82, 2.24) is 14.6 Å². The summed E-state index contributed by atoms with van der Waals surface area (Å²) in [5.41, 5.74) is 4.72. The zero-order valence-electron chi connectivity index (χ0n) is 15.9. The van der Waals surface area contributed by atoms with Gasteiger partial charge in [0.25, 0.3) is 0 Å². The van der Waals surface area contributed by atoms with E-state index in [1.54, 1.807) is 18.2 Å². The van der Waals surface area contributed by atoms with Crippen LogP contribution in [0.5, 0.6) is 11.5 Å². The third-order valence-electron chi connectivity index (χ3n) is 4.77. The largest absolute Gasteiger partial charge is 0.454 e. The summed E-state index contributed by atoms with van der Waals surface area (Å²) in [6.07, 6.45) is 0. The Bertz CT molecular complexity index is 1270. The molecular formula is C21H18N4O3S. The molecule has 1 N–H and O–H groups in total. The Labute approximate surface area is 171 Å². The lowest BCUT2D eigenvalue weighted by molar-refractivity contribution is -0.113. The molecule has 1 aliphatic heterocycles. The third-order valence-corrected chi connectivity index (χ3v) is 5.70. The number of ether oxygens (including phenoxy) is 2. The number of hydrogen-bond donors (Lipinski definition) is 1. The molecule has 3 heterocycles. The van der Waals surface area contributed by atoms with Crippen LogP contribution in [0.25, 0.3) is 16.6 Å². The van der Waals surface area contributed by atoms with Crippen LogP contribution in [0.3, 0.4) is 0 Å². The molecule has 8 heteroatoms. The first kappa shape index (κ1) is 17.8. The number of benzene rings is 2. The Morgan fingerprint density at radius 2 is 1.97 bits per heavy atom. The van der Waals surface area contributed by atoms with Crippen LogP contribution in [0.4, 0.5) is 5.69 Å². The Morgan fingerprint density at radius 3 is 2.86 bits per heavy atom. The first-order chi connectivity index (χ1) is 14.1. The van der Waals surface area contributed by atoms with Crippen LogP contribution in [0, 0.1) is 13.8 Å². The Morgan fingerprint density at radius 1 is 1.10 bits per heavy atom. The van der Waals surface area contributed by atoms with E-state index >= 15 is 0 Å². The molecule has 0 saturated heterocycles. The van der Waals surface area contributed by atoms with Crippen LogP contribution < -0.4 is 14.8 Å². The number of carbonyl (C=O) groups is 1. The number of carbonyl (C=O) groups excluding carboxylic acids is 1. The van der Waals surface area contributed by atoms with Crippen LogP contribution >= 0.6 is 11.8 Å². The van der Waals surface area contributed by atoms with E-state index < -0.39 is 0 Å². The topological polar surface area (TPSA) is 77.8 Å². The highest BCUT2D eigenvalue weighted by molar-refractivity contribution is 7.99. The predicted molar refractivity (Wildman–Crippen MR) is 112 cm³/mol.